The van der Waals surface area contributed by atoms with E-state index < -0.39 is 0 Å². The first-order chi connectivity index (χ1) is 9.19. The van der Waals surface area contributed by atoms with Crippen molar-refractivity contribution in [1.82, 2.24) is 9.97 Å². The number of nitrogens with zero attached hydrogens (tertiary/aromatic N) is 2. The van der Waals surface area contributed by atoms with Gasteiger partial charge in [0.15, 0.2) is 0 Å². The van der Waals surface area contributed by atoms with Crippen LogP contribution in [-0.4, -0.2) is 34.8 Å². The number of nitrogens with one attached hydrogen (secondary N) is 1. The van der Waals surface area contributed by atoms with E-state index in [4.69, 9.17) is 10.5 Å². The Morgan fingerprint density at radius 3 is 3.11 bits per heavy atom. The molecule has 0 amide bonds. The molecule has 1 aliphatic rings. The van der Waals surface area contributed by atoms with Crippen molar-refractivity contribution < 1.29 is 4.74 Å². The average molecular weight is 278 g/mol. The van der Waals surface area contributed by atoms with Crippen LogP contribution in [0.1, 0.15) is 18.2 Å². The van der Waals surface area contributed by atoms with E-state index in [0.717, 1.165) is 22.5 Å². The first kappa shape index (κ1) is 12.8. The molecule has 6 heteroatoms. The highest BCUT2D eigenvalue weighted by molar-refractivity contribution is 7.18. The van der Waals surface area contributed by atoms with Gasteiger partial charge in [0.1, 0.15) is 17.0 Å². The average Bonchev–Trinajstić information content (AvgIpc) is 2.76. The number of rotatable bonds is 4. The molecule has 102 valence electrons. The quantitative estimate of drug-likeness (QED) is 0.894. The van der Waals surface area contributed by atoms with Crippen molar-refractivity contribution in [2.24, 2.45) is 5.73 Å². The predicted octanol–water partition coefficient (Wildman–Crippen LogP) is 1.92. The summed E-state index contributed by atoms with van der Waals surface area (Å²) in [5.41, 5.74) is 6.06. The maximum absolute atomic E-state index is 6.06. The minimum absolute atomic E-state index is 0.126. The van der Waals surface area contributed by atoms with Crippen molar-refractivity contribution in [1.29, 1.82) is 0 Å². The van der Waals surface area contributed by atoms with Crippen LogP contribution in [-0.2, 0) is 4.74 Å². The number of thiophene rings is 1. The molecule has 3 rings (SSSR count). The monoisotopic (exact) mass is 278 g/mol. The van der Waals surface area contributed by atoms with Gasteiger partial charge in [-0.1, -0.05) is 0 Å². The molecule has 5 nitrogen and oxygen atoms in total. The van der Waals surface area contributed by atoms with Gasteiger partial charge >= 0.3 is 0 Å². The van der Waals surface area contributed by atoms with E-state index in [9.17, 15) is 0 Å². The van der Waals surface area contributed by atoms with Crippen LogP contribution in [0.4, 0.5) is 5.82 Å². The number of ether oxygens (including phenoxy) is 1. The maximum atomic E-state index is 6.06. The van der Waals surface area contributed by atoms with Gasteiger partial charge in [-0.2, -0.15) is 0 Å². The molecule has 3 N–H and O–H groups in total. The van der Waals surface area contributed by atoms with E-state index in [0.29, 0.717) is 6.61 Å². The van der Waals surface area contributed by atoms with Gasteiger partial charge in [0, 0.05) is 17.5 Å². The SMILES string of the molecule is CCOC1CC(N)C1Nc1ncnc2sc(C)cc12. The van der Waals surface area contributed by atoms with E-state index in [-0.39, 0.29) is 18.2 Å². The van der Waals surface area contributed by atoms with Gasteiger partial charge in [0.2, 0.25) is 0 Å². The van der Waals surface area contributed by atoms with E-state index in [2.05, 4.69) is 28.3 Å². The van der Waals surface area contributed by atoms with E-state index in [1.54, 1.807) is 17.7 Å². The topological polar surface area (TPSA) is 73.1 Å². The van der Waals surface area contributed by atoms with Crippen LogP contribution >= 0.6 is 11.3 Å². The molecule has 1 saturated carbocycles. The smallest absolute Gasteiger partial charge is 0.138 e. The van der Waals surface area contributed by atoms with Crippen LogP contribution in [0.3, 0.4) is 0 Å². The molecular weight excluding hydrogens is 260 g/mol. The number of anilines is 1. The second kappa shape index (κ2) is 5.03. The lowest BCUT2D eigenvalue weighted by Crippen LogP contribution is -2.60. The van der Waals surface area contributed by atoms with Gasteiger partial charge in [-0.05, 0) is 26.3 Å². The van der Waals surface area contributed by atoms with Crippen LogP contribution < -0.4 is 11.1 Å². The Labute approximate surface area is 116 Å². The molecule has 1 aliphatic carbocycles. The molecule has 2 aromatic heterocycles. The van der Waals surface area contributed by atoms with Crippen LogP contribution in [0.2, 0.25) is 0 Å². The molecular formula is C13H18N4OS. The first-order valence-corrected chi connectivity index (χ1v) is 7.35. The van der Waals surface area contributed by atoms with Gasteiger partial charge < -0.3 is 15.8 Å². The normalized spacial score (nSPS) is 26.4. The van der Waals surface area contributed by atoms with Crippen molar-refractivity contribution in [3.05, 3.63) is 17.3 Å². The first-order valence-electron chi connectivity index (χ1n) is 6.54. The largest absolute Gasteiger partial charge is 0.376 e. The number of aryl methyl sites for hydroxylation is 1. The van der Waals surface area contributed by atoms with Gasteiger partial charge in [-0.15, -0.1) is 11.3 Å². The summed E-state index contributed by atoms with van der Waals surface area (Å²) >= 11 is 1.68. The van der Waals surface area contributed by atoms with E-state index in [1.807, 2.05) is 6.92 Å². The molecule has 3 atom stereocenters. The van der Waals surface area contributed by atoms with Crippen LogP contribution in [0.25, 0.3) is 10.2 Å². The lowest BCUT2D eigenvalue weighted by molar-refractivity contribution is -0.0126. The van der Waals surface area contributed by atoms with Crippen molar-refractivity contribution in [3.63, 3.8) is 0 Å². The van der Waals surface area contributed by atoms with Crippen LogP contribution in [0.5, 0.6) is 0 Å². The number of hydrogen-bond acceptors (Lipinski definition) is 6. The third-order valence-electron chi connectivity index (χ3n) is 3.50. The summed E-state index contributed by atoms with van der Waals surface area (Å²) in [5, 5.41) is 4.49. The number of nitrogens with two attached hydrogens (primary N) is 1. The van der Waals surface area contributed by atoms with Gasteiger partial charge in [0.25, 0.3) is 0 Å². The summed E-state index contributed by atoms with van der Waals surface area (Å²) in [5.74, 6) is 0.860. The molecule has 1 fully saturated rings. The number of aromatic nitrogens is 2. The summed E-state index contributed by atoms with van der Waals surface area (Å²) in [6.07, 6.45) is 2.69. The minimum atomic E-state index is 0.126. The second-order valence-electron chi connectivity index (χ2n) is 4.86. The molecule has 0 aliphatic heterocycles. The maximum Gasteiger partial charge on any atom is 0.138 e. The molecule has 0 spiro atoms. The van der Waals surface area contributed by atoms with Crippen molar-refractivity contribution in [3.8, 4) is 0 Å². The summed E-state index contributed by atoms with van der Waals surface area (Å²) in [4.78, 5) is 10.9. The molecule has 3 unspecified atom stereocenters. The Bertz CT molecular complexity index is 583. The lowest BCUT2D eigenvalue weighted by Gasteiger charge is -2.42. The van der Waals surface area contributed by atoms with Crippen LogP contribution in [0, 0.1) is 6.92 Å². The predicted molar refractivity (Wildman–Crippen MR) is 77.6 cm³/mol. The Balaban J connectivity index is 1.84. The molecule has 0 saturated heterocycles. The molecule has 2 heterocycles. The highest BCUT2D eigenvalue weighted by Gasteiger charge is 2.39. The van der Waals surface area contributed by atoms with Gasteiger partial charge in [-0.25, -0.2) is 9.97 Å². The Morgan fingerprint density at radius 1 is 1.53 bits per heavy atom. The summed E-state index contributed by atoms with van der Waals surface area (Å²) in [6, 6.07) is 2.38. The van der Waals surface area contributed by atoms with E-state index in [1.165, 1.54) is 4.88 Å². The third-order valence-corrected chi connectivity index (χ3v) is 4.46. The number of fused-ring (bicyclic) bond motifs is 1. The van der Waals surface area contributed by atoms with Crippen molar-refractivity contribution in [2.75, 3.05) is 11.9 Å². The van der Waals surface area contributed by atoms with Gasteiger partial charge in [-0.3, -0.25) is 0 Å². The highest BCUT2D eigenvalue weighted by atomic mass is 32.1. The Morgan fingerprint density at radius 2 is 2.37 bits per heavy atom. The zero-order chi connectivity index (χ0) is 13.4. The van der Waals surface area contributed by atoms with Crippen molar-refractivity contribution >= 4 is 27.4 Å². The molecule has 0 aromatic carbocycles. The van der Waals surface area contributed by atoms with Gasteiger partial charge in [0.05, 0.1) is 17.5 Å². The molecule has 2 aromatic rings. The van der Waals surface area contributed by atoms with Crippen LogP contribution in [0.15, 0.2) is 12.4 Å². The summed E-state index contributed by atoms with van der Waals surface area (Å²) in [7, 11) is 0. The van der Waals surface area contributed by atoms with Crippen molar-refractivity contribution in [2.45, 2.75) is 38.5 Å². The fourth-order valence-corrected chi connectivity index (χ4v) is 3.32. The lowest BCUT2D eigenvalue weighted by atomic mass is 9.83. The molecule has 19 heavy (non-hydrogen) atoms. The van der Waals surface area contributed by atoms with E-state index >= 15 is 0 Å². The summed E-state index contributed by atoms with van der Waals surface area (Å²) in [6.45, 7) is 4.80. The zero-order valence-corrected chi connectivity index (χ0v) is 11.9. The molecule has 0 bridgehead atoms. The second-order valence-corrected chi connectivity index (χ2v) is 6.10. The summed E-state index contributed by atoms with van der Waals surface area (Å²) < 4.78 is 5.67. The Kier molecular flexibility index (Phi) is 3.38. The third kappa shape index (κ3) is 2.31. The minimum Gasteiger partial charge on any atom is -0.376 e. The fraction of sp³-hybridized carbons (Fsp3) is 0.538. The zero-order valence-electron chi connectivity index (χ0n) is 11.1. The number of hydrogen-bond donors (Lipinski definition) is 2. The Hall–Kier alpha value is -1.24. The fourth-order valence-electron chi connectivity index (χ4n) is 2.48. The standard InChI is InChI=1S/C13H18N4OS/c1-3-18-10-5-9(14)11(10)17-12-8-4-7(2)19-13(8)16-6-15-12/h4,6,9-11H,3,5,14H2,1-2H3,(H,15,16,17). The molecule has 0 radical (unpaired) electrons. The highest BCUT2D eigenvalue weighted by Crippen LogP contribution is 2.31.